The average Bonchev–Trinajstić information content (AvgIpc) is 3.00. The molecule has 2 aromatic carbocycles. The van der Waals surface area contributed by atoms with Gasteiger partial charge in [-0.2, -0.15) is 0 Å². The molecule has 0 N–H and O–H groups in total. The van der Waals surface area contributed by atoms with Gasteiger partial charge in [0.2, 0.25) is 5.13 Å². The molecule has 3 aromatic rings. The number of benzene rings is 2. The fraction of sp³-hybridized carbons (Fsp3) is 0.0714. The van der Waals surface area contributed by atoms with Gasteiger partial charge < -0.3 is 0 Å². The lowest BCUT2D eigenvalue weighted by Gasteiger charge is -2.08. The summed E-state index contributed by atoms with van der Waals surface area (Å²) in [6, 6.07) is 14.9. The minimum Gasteiger partial charge on any atom is -0.223 e. The zero-order valence-electron chi connectivity index (χ0n) is 10.2. The van der Waals surface area contributed by atoms with Crippen molar-refractivity contribution in [3.63, 3.8) is 0 Å². The van der Waals surface area contributed by atoms with Crippen LogP contribution in [0.2, 0.25) is 0 Å². The number of para-hydroxylation sites is 1. The largest absolute Gasteiger partial charge is 0.223 e. The highest BCUT2D eigenvalue weighted by atomic mass is 32.2. The first-order chi connectivity index (χ1) is 9.29. The molecule has 0 unspecified atom stereocenters. The summed E-state index contributed by atoms with van der Waals surface area (Å²) in [4.78, 5) is 7.34. The molecule has 2 nitrogen and oxygen atoms in total. The van der Waals surface area contributed by atoms with Crippen LogP contribution in [0.5, 0.6) is 0 Å². The molecule has 19 heavy (non-hydrogen) atoms. The number of aromatic nitrogens is 1. The zero-order valence-corrected chi connectivity index (χ0v) is 12.6. The summed E-state index contributed by atoms with van der Waals surface area (Å²) in [6.45, 7) is 2.13. The summed E-state index contributed by atoms with van der Waals surface area (Å²) in [5.41, 5.74) is 2.38. The minimum absolute atomic E-state index is 1.06. The number of hydrogen-bond acceptors (Lipinski definition) is 5. The molecule has 0 amide bonds. The maximum absolute atomic E-state index is 4.70. The Hall–Kier alpha value is -1.17. The van der Waals surface area contributed by atoms with Crippen molar-refractivity contribution in [1.29, 1.82) is 0 Å². The Labute approximate surface area is 124 Å². The quantitative estimate of drug-likeness (QED) is 0.578. The first-order valence-corrected chi connectivity index (χ1v) is 8.28. The van der Waals surface area contributed by atoms with Gasteiger partial charge >= 0.3 is 0 Å². The van der Waals surface area contributed by atoms with E-state index in [0.29, 0.717) is 0 Å². The van der Waals surface area contributed by atoms with Crippen LogP contribution in [-0.4, -0.2) is 4.98 Å². The van der Waals surface area contributed by atoms with Gasteiger partial charge in [0.1, 0.15) is 0 Å². The normalized spacial score (nSPS) is 14.1. The minimum atomic E-state index is 1.06. The molecule has 1 aliphatic rings. The van der Waals surface area contributed by atoms with E-state index >= 15 is 0 Å². The Kier molecular flexibility index (Phi) is 2.72. The molecule has 0 radical (unpaired) electrons. The van der Waals surface area contributed by atoms with E-state index in [9.17, 15) is 0 Å². The topological polar surface area (TPSA) is 16.1 Å². The molecule has 0 spiro atoms. The van der Waals surface area contributed by atoms with Gasteiger partial charge in [0.05, 0.1) is 10.2 Å². The van der Waals surface area contributed by atoms with Crippen molar-refractivity contribution in [1.82, 2.24) is 4.98 Å². The molecule has 0 atom stereocenters. The fourth-order valence-corrected chi connectivity index (χ4v) is 5.33. The van der Waals surface area contributed by atoms with Crippen LogP contribution < -0.4 is 3.71 Å². The SMILES string of the molecule is Cc1ccc2c(c1)SN(c1nc3ccccc3s1)S2. The second-order valence-corrected chi connectivity index (χ2v) is 7.57. The van der Waals surface area contributed by atoms with Crippen molar-refractivity contribution in [2.75, 3.05) is 3.71 Å². The number of rotatable bonds is 1. The highest BCUT2D eigenvalue weighted by molar-refractivity contribution is 8.20. The van der Waals surface area contributed by atoms with Crippen LogP contribution >= 0.6 is 35.2 Å². The lowest BCUT2D eigenvalue weighted by atomic mass is 10.2. The van der Waals surface area contributed by atoms with Crippen LogP contribution in [0.15, 0.2) is 52.3 Å². The number of anilines is 1. The molecule has 1 aliphatic heterocycles. The summed E-state index contributed by atoms with van der Waals surface area (Å²) in [5.74, 6) is 0. The summed E-state index contributed by atoms with van der Waals surface area (Å²) in [6.07, 6.45) is 0. The van der Waals surface area contributed by atoms with Gasteiger partial charge in [0.15, 0.2) is 0 Å². The highest BCUT2D eigenvalue weighted by Gasteiger charge is 2.24. The molecule has 5 heteroatoms. The average molecular weight is 302 g/mol. The van der Waals surface area contributed by atoms with Gasteiger partial charge in [-0.15, -0.1) is 0 Å². The third kappa shape index (κ3) is 2.02. The third-order valence-electron chi connectivity index (χ3n) is 2.90. The van der Waals surface area contributed by atoms with Gasteiger partial charge in [0, 0.05) is 33.7 Å². The zero-order chi connectivity index (χ0) is 12.8. The Balaban J connectivity index is 1.72. The first kappa shape index (κ1) is 11.6. The lowest BCUT2D eigenvalue weighted by Crippen LogP contribution is -1.96. The van der Waals surface area contributed by atoms with Gasteiger partial charge in [-0.25, -0.2) is 8.69 Å². The van der Waals surface area contributed by atoms with Crippen molar-refractivity contribution in [3.8, 4) is 0 Å². The predicted molar refractivity (Wildman–Crippen MR) is 85.0 cm³/mol. The van der Waals surface area contributed by atoms with Crippen LogP contribution in [0.1, 0.15) is 5.56 Å². The van der Waals surface area contributed by atoms with Crippen molar-refractivity contribution in [2.24, 2.45) is 0 Å². The number of aryl methyl sites for hydroxylation is 1. The van der Waals surface area contributed by atoms with E-state index < -0.39 is 0 Å². The summed E-state index contributed by atoms with van der Waals surface area (Å²) < 4.78 is 3.44. The van der Waals surface area contributed by atoms with Crippen LogP contribution in [0.4, 0.5) is 5.13 Å². The van der Waals surface area contributed by atoms with Crippen LogP contribution in [0.3, 0.4) is 0 Å². The maximum Gasteiger partial charge on any atom is 0.207 e. The molecule has 1 aromatic heterocycles. The molecule has 2 heterocycles. The van der Waals surface area contributed by atoms with Crippen LogP contribution in [0.25, 0.3) is 10.2 Å². The van der Waals surface area contributed by atoms with E-state index in [4.69, 9.17) is 4.98 Å². The van der Waals surface area contributed by atoms with Gasteiger partial charge in [-0.1, -0.05) is 29.5 Å². The second-order valence-electron chi connectivity index (χ2n) is 4.35. The summed E-state index contributed by atoms with van der Waals surface area (Å²) in [7, 11) is 0. The number of hydrogen-bond donors (Lipinski definition) is 0. The summed E-state index contributed by atoms with van der Waals surface area (Å²) >= 11 is 5.26. The van der Waals surface area contributed by atoms with E-state index in [1.807, 2.05) is 6.07 Å². The second kappa shape index (κ2) is 4.44. The third-order valence-corrected chi connectivity index (χ3v) is 6.49. The number of nitrogens with zero attached hydrogens (tertiary/aromatic N) is 2. The van der Waals surface area contributed by atoms with Crippen LogP contribution in [0, 0.1) is 6.92 Å². The molecular weight excluding hydrogens is 292 g/mol. The van der Waals surface area contributed by atoms with Crippen molar-refractivity contribution in [2.45, 2.75) is 16.7 Å². The molecular formula is C14H10N2S3. The monoisotopic (exact) mass is 302 g/mol. The van der Waals surface area contributed by atoms with Crippen molar-refractivity contribution >= 4 is 50.6 Å². The van der Waals surface area contributed by atoms with Gasteiger partial charge in [-0.05, 0) is 36.8 Å². The van der Waals surface area contributed by atoms with E-state index in [2.05, 4.69) is 47.0 Å². The van der Waals surface area contributed by atoms with Crippen molar-refractivity contribution in [3.05, 3.63) is 48.0 Å². The molecule has 0 fully saturated rings. The Bertz CT molecular complexity index is 733. The molecule has 0 aliphatic carbocycles. The molecule has 4 rings (SSSR count). The van der Waals surface area contributed by atoms with E-state index in [0.717, 1.165) is 10.6 Å². The van der Waals surface area contributed by atoms with Crippen LogP contribution in [-0.2, 0) is 0 Å². The Morgan fingerprint density at radius 1 is 1.00 bits per heavy atom. The highest BCUT2D eigenvalue weighted by Crippen LogP contribution is 2.50. The Morgan fingerprint density at radius 3 is 2.74 bits per heavy atom. The molecule has 0 bridgehead atoms. The van der Waals surface area contributed by atoms with Gasteiger partial charge in [-0.3, -0.25) is 0 Å². The molecule has 0 saturated carbocycles. The lowest BCUT2D eigenvalue weighted by molar-refractivity contribution is 1.23. The van der Waals surface area contributed by atoms with Crippen molar-refractivity contribution < 1.29 is 0 Å². The summed E-state index contributed by atoms with van der Waals surface area (Å²) in [5, 5.41) is 1.06. The maximum atomic E-state index is 4.70. The number of fused-ring (bicyclic) bond motifs is 2. The first-order valence-electron chi connectivity index (χ1n) is 5.92. The molecule has 0 saturated heterocycles. The van der Waals surface area contributed by atoms with Gasteiger partial charge in [0.25, 0.3) is 0 Å². The number of thiazole rings is 1. The molecule has 94 valence electrons. The van der Waals surface area contributed by atoms with E-state index in [-0.39, 0.29) is 0 Å². The Morgan fingerprint density at radius 2 is 1.84 bits per heavy atom. The smallest absolute Gasteiger partial charge is 0.207 e. The van der Waals surface area contributed by atoms with E-state index in [1.165, 1.54) is 20.1 Å². The fourth-order valence-electron chi connectivity index (χ4n) is 1.98. The predicted octanol–water partition coefficient (Wildman–Crippen LogP) is 5.14. The standard InChI is InChI=1S/C14H10N2S3/c1-9-6-7-12-13(8-9)19-16(18-12)14-15-10-4-2-3-5-11(10)17-14/h2-8H,1H3. The van der Waals surface area contributed by atoms with E-state index in [1.54, 1.807) is 35.2 Å².